The van der Waals surface area contributed by atoms with E-state index in [2.05, 4.69) is 23.5 Å². The normalized spacial score (nSPS) is 12.2. The Bertz CT molecular complexity index is 916. The molecule has 0 unspecified atom stereocenters. The standard InChI is InChI=1S/C20H17NO2S2/c1-2-23-15-9-7-14(8-10-15)21-20(22)18-11-13-12-24-17-6-4-3-5-16(17)19(13)25-18/h3-11H,2,12H2,1H3,(H,21,22). The zero-order valence-electron chi connectivity index (χ0n) is 13.7. The summed E-state index contributed by atoms with van der Waals surface area (Å²) in [4.78, 5) is 15.9. The molecule has 0 saturated carbocycles. The molecule has 126 valence electrons. The first kappa shape index (κ1) is 16.2. The number of rotatable bonds is 4. The number of benzene rings is 2. The topological polar surface area (TPSA) is 38.3 Å². The molecule has 1 amide bonds. The molecule has 2 heterocycles. The van der Waals surface area contributed by atoms with E-state index in [1.165, 1.54) is 20.9 Å². The fourth-order valence-corrected chi connectivity index (χ4v) is 5.12. The van der Waals surface area contributed by atoms with Gasteiger partial charge in [-0.25, -0.2) is 0 Å². The van der Waals surface area contributed by atoms with Crippen LogP contribution in [-0.4, -0.2) is 12.5 Å². The van der Waals surface area contributed by atoms with Crippen molar-refractivity contribution < 1.29 is 9.53 Å². The van der Waals surface area contributed by atoms with E-state index in [0.717, 1.165) is 22.1 Å². The van der Waals surface area contributed by atoms with Crippen molar-refractivity contribution in [3.8, 4) is 16.2 Å². The van der Waals surface area contributed by atoms with Crippen LogP contribution in [-0.2, 0) is 5.75 Å². The van der Waals surface area contributed by atoms with E-state index in [0.29, 0.717) is 6.61 Å². The Morgan fingerprint density at radius 1 is 1.16 bits per heavy atom. The van der Waals surface area contributed by atoms with Gasteiger partial charge in [0, 0.05) is 26.8 Å². The summed E-state index contributed by atoms with van der Waals surface area (Å²) < 4.78 is 5.43. The number of carbonyl (C=O) groups is 1. The highest BCUT2D eigenvalue weighted by atomic mass is 32.2. The number of hydrogen-bond donors (Lipinski definition) is 1. The first-order valence-corrected chi connectivity index (χ1v) is 9.94. The fourth-order valence-electron chi connectivity index (χ4n) is 2.81. The van der Waals surface area contributed by atoms with Crippen LogP contribution >= 0.6 is 23.1 Å². The number of thiophene rings is 1. The van der Waals surface area contributed by atoms with Crippen molar-refractivity contribution in [2.24, 2.45) is 0 Å². The van der Waals surface area contributed by atoms with Crippen molar-refractivity contribution in [2.45, 2.75) is 17.6 Å². The maximum Gasteiger partial charge on any atom is 0.265 e. The lowest BCUT2D eigenvalue weighted by Gasteiger charge is -2.14. The number of thioether (sulfide) groups is 1. The Kier molecular flexibility index (Phi) is 4.51. The molecular weight excluding hydrogens is 350 g/mol. The Balaban J connectivity index is 1.55. The lowest BCUT2D eigenvalue weighted by Crippen LogP contribution is -2.10. The van der Waals surface area contributed by atoms with E-state index < -0.39 is 0 Å². The third-order valence-corrected chi connectivity index (χ3v) is 6.30. The van der Waals surface area contributed by atoms with E-state index in [-0.39, 0.29) is 5.91 Å². The maximum absolute atomic E-state index is 12.6. The molecule has 0 fully saturated rings. The van der Waals surface area contributed by atoms with E-state index >= 15 is 0 Å². The van der Waals surface area contributed by atoms with Crippen LogP contribution in [0.1, 0.15) is 22.2 Å². The third kappa shape index (κ3) is 3.30. The molecule has 3 aromatic rings. The zero-order chi connectivity index (χ0) is 17.2. The van der Waals surface area contributed by atoms with Gasteiger partial charge in [-0.2, -0.15) is 0 Å². The summed E-state index contributed by atoms with van der Waals surface area (Å²) in [5, 5.41) is 2.97. The van der Waals surface area contributed by atoms with Crippen molar-refractivity contribution in [3.05, 3.63) is 65.0 Å². The van der Waals surface area contributed by atoms with Gasteiger partial charge >= 0.3 is 0 Å². The molecule has 25 heavy (non-hydrogen) atoms. The molecule has 4 rings (SSSR count). The quantitative estimate of drug-likeness (QED) is 0.645. The second-order valence-electron chi connectivity index (χ2n) is 5.66. The average molecular weight is 367 g/mol. The molecule has 0 atom stereocenters. The van der Waals surface area contributed by atoms with Gasteiger partial charge in [-0.3, -0.25) is 4.79 Å². The molecule has 0 bridgehead atoms. The van der Waals surface area contributed by atoms with Gasteiger partial charge in [0.05, 0.1) is 11.5 Å². The van der Waals surface area contributed by atoms with Gasteiger partial charge in [0.25, 0.3) is 5.91 Å². The van der Waals surface area contributed by atoms with Gasteiger partial charge in [0.15, 0.2) is 0 Å². The molecule has 0 radical (unpaired) electrons. The number of amides is 1. The van der Waals surface area contributed by atoms with Crippen LogP contribution in [0.25, 0.3) is 10.4 Å². The minimum absolute atomic E-state index is 0.0639. The Morgan fingerprint density at radius 3 is 2.76 bits per heavy atom. The lowest BCUT2D eigenvalue weighted by molar-refractivity contribution is 0.103. The number of fused-ring (bicyclic) bond motifs is 3. The minimum atomic E-state index is -0.0639. The molecule has 1 aliphatic rings. The van der Waals surface area contributed by atoms with E-state index in [1.54, 1.807) is 11.3 Å². The first-order valence-electron chi connectivity index (χ1n) is 8.13. The van der Waals surface area contributed by atoms with Crippen LogP contribution in [0.3, 0.4) is 0 Å². The minimum Gasteiger partial charge on any atom is -0.494 e. The molecule has 1 N–H and O–H groups in total. The summed E-state index contributed by atoms with van der Waals surface area (Å²) in [5.74, 6) is 1.66. The van der Waals surface area contributed by atoms with Crippen molar-refractivity contribution >= 4 is 34.7 Å². The van der Waals surface area contributed by atoms with Crippen LogP contribution in [0.4, 0.5) is 5.69 Å². The van der Waals surface area contributed by atoms with Crippen molar-refractivity contribution in [1.82, 2.24) is 0 Å². The van der Waals surface area contributed by atoms with Gasteiger partial charge < -0.3 is 10.1 Å². The largest absolute Gasteiger partial charge is 0.494 e. The number of nitrogens with one attached hydrogen (secondary N) is 1. The molecule has 0 aliphatic carbocycles. The number of hydrogen-bond acceptors (Lipinski definition) is 4. The molecule has 5 heteroatoms. The van der Waals surface area contributed by atoms with Crippen LogP contribution in [0.5, 0.6) is 5.75 Å². The van der Waals surface area contributed by atoms with Gasteiger partial charge in [-0.1, -0.05) is 18.2 Å². The second-order valence-corrected chi connectivity index (χ2v) is 7.73. The Hall–Kier alpha value is -2.24. The summed E-state index contributed by atoms with van der Waals surface area (Å²) in [7, 11) is 0. The first-order chi connectivity index (χ1) is 12.2. The summed E-state index contributed by atoms with van der Waals surface area (Å²) in [5.41, 5.74) is 3.25. The van der Waals surface area contributed by atoms with E-state index in [4.69, 9.17) is 4.74 Å². The number of carbonyl (C=O) groups excluding carboxylic acids is 1. The number of ether oxygens (including phenoxy) is 1. The van der Waals surface area contributed by atoms with Gasteiger partial charge in [0.2, 0.25) is 0 Å². The van der Waals surface area contributed by atoms with Gasteiger partial charge in [-0.05, 0) is 48.9 Å². The number of anilines is 1. The average Bonchev–Trinajstić information content (AvgIpc) is 3.08. The van der Waals surface area contributed by atoms with Crippen molar-refractivity contribution in [3.63, 3.8) is 0 Å². The van der Waals surface area contributed by atoms with Gasteiger partial charge in [0.1, 0.15) is 5.75 Å². The summed E-state index contributed by atoms with van der Waals surface area (Å²) in [6, 6.07) is 17.9. The predicted molar refractivity (Wildman–Crippen MR) is 105 cm³/mol. The second kappa shape index (κ2) is 6.94. The Labute approximate surface area is 155 Å². The summed E-state index contributed by atoms with van der Waals surface area (Å²) in [6.45, 7) is 2.58. The molecule has 2 aromatic carbocycles. The van der Waals surface area contributed by atoms with Gasteiger partial charge in [-0.15, -0.1) is 23.1 Å². The fraction of sp³-hybridized carbons (Fsp3) is 0.150. The van der Waals surface area contributed by atoms with Crippen LogP contribution in [0.15, 0.2) is 59.5 Å². The zero-order valence-corrected chi connectivity index (χ0v) is 15.4. The molecular formula is C20H17NO2S2. The molecule has 0 saturated heterocycles. The van der Waals surface area contributed by atoms with Crippen molar-refractivity contribution in [2.75, 3.05) is 11.9 Å². The van der Waals surface area contributed by atoms with Crippen LogP contribution in [0, 0.1) is 0 Å². The van der Waals surface area contributed by atoms with Crippen LogP contribution < -0.4 is 10.1 Å². The molecule has 3 nitrogen and oxygen atoms in total. The summed E-state index contributed by atoms with van der Waals surface area (Å²) >= 11 is 3.39. The SMILES string of the molecule is CCOc1ccc(NC(=O)c2cc3c(s2)-c2ccccc2SC3)cc1. The van der Waals surface area contributed by atoms with E-state index in [1.807, 2.05) is 55.1 Å². The summed E-state index contributed by atoms with van der Waals surface area (Å²) in [6.07, 6.45) is 0. The molecule has 1 aliphatic heterocycles. The van der Waals surface area contributed by atoms with E-state index in [9.17, 15) is 4.79 Å². The predicted octanol–water partition coefficient (Wildman–Crippen LogP) is 5.67. The maximum atomic E-state index is 12.6. The monoisotopic (exact) mass is 367 g/mol. The molecule has 1 aromatic heterocycles. The smallest absolute Gasteiger partial charge is 0.265 e. The Morgan fingerprint density at radius 2 is 1.96 bits per heavy atom. The third-order valence-electron chi connectivity index (χ3n) is 3.97. The van der Waals surface area contributed by atoms with Crippen molar-refractivity contribution in [1.29, 1.82) is 0 Å². The van der Waals surface area contributed by atoms with Crippen LogP contribution in [0.2, 0.25) is 0 Å². The highest BCUT2D eigenvalue weighted by Crippen LogP contribution is 2.45. The highest BCUT2D eigenvalue weighted by Gasteiger charge is 2.21. The molecule has 0 spiro atoms. The highest BCUT2D eigenvalue weighted by molar-refractivity contribution is 7.98. The lowest BCUT2D eigenvalue weighted by atomic mass is 10.1.